The first kappa shape index (κ1) is 17.3. The van der Waals surface area contributed by atoms with Crippen LogP contribution in [-0.2, 0) is 0 Å². The number of hydrogen-bond donors (Lipinski definition) is 2. The molecule has 0 radical (unpaired) electrons. The van der Waals surface area contributed by atoms with Gasteiger partial charge in [0, 0.05) is 18.2 Å². The molecule has 7 heteroatoms. The topological polar surface area (TPSA) is 67.2 Å². The Morgan fingerprint density at radius 1 is 1.30 bits per heavy atom. The molecule has 0 aliphatic heterocycles. The summed E-state index contributed by atoms with van der Waals surface area (Å²) in [5.74, 6) is 1.60. The molecule has 0 amide bonds. The van der Waals surface area contributed by atoms with Gasteiger partial charge in [0.25, 0.3) is 0 Å². The van der Waals surface area contributed by atoms with Crippen LogP contribution in [0.5, 0.6) is 0 Å². The molecule has 0 bridgehead atoms. The lowest BCUT2D eigenvalue weighted by molar-refractivity contribution is 0.0901. The predicted octanol–water partition coefficient (Wildman–Crippen LogP) is 3.07. The number of nitrogens with zero attached hydrogens (tertiary/aromatic N) is 2. The van der Waals surface area contributed by atoms with Crippen molar-refractivity contribution in [1.29, 1.82) is 0 Å². The third-order valence-corrected chi connectivity index (χ3v) is 3.39. The smallest absolute Gasteiger partial charge is 0.233 e. The lowest BCUT2D eigenvalue weighted by Gasteiger charge is -2.14. The summed E-state index contributed by atoms with van der Waals surface area (Å²) in [6.45, 7) is 0. The van der Waals surface area contributed by atoms with E-state index in [1.54, 1.807) is 0 Å². The maximum absolute atomic E-state index is 12.0. The van der Waals surface area contributed by atoms with E-state index in [1.807, 2.05) is 0 Å². The maximum atomic E-state index is 12.0. The first-order chi connectivity index (χ1) is 9.69. The van der Waals surface area contributed by atoms with E-state index in [-0.39, 0.29) is 5.91 Å². The van der Waals surface area contributed by atoms with Crippen LogP contribution >= 0.6 is 23.2 Å². The van der Waals surface area contributed by atoms with E-state index in [0.29, 0.717) is 30.4 Å². The van der Waals surface area contributed by atoms with Crippen LogP contribution in [0, 0.1) is 0 Å². The van der Waals surface area contributed by atoms with Crippen molar-refractivity contribution in [3.8, 4) is 0 Å². The SMILES string of the molecule is O=C(CCCCCl)n1cncc1NC(O)CCCCCl. The van der Waals surface area contributed by atoms with Crippen molar-refractivity contribution in [2.45, 2.75) is 44.8 Å². The minimum atomic E-state index is -0.704. The van der Waals surface area contributed by atoms with Gasteiger partial charge >= 0.3 is 0 Å². The van der Waals surface area contributed by atoms with Crippen LogP contribution in [0.1, 0.15) is 43.3 Å². The summed E-state index contributed by atoms with van der Waals surface area (Å²) < 4.78 is 1.43. The summed E-state index contributed by atoms with van der Waals surface area (Å²) in [5, 5.41) is 12.7. The van der Waals surface area contributed by atoms with Crippen molar-refractivity contribution in [2.24, 2.45) is 0 Å². The molecule has 114 valence electrons. The number of unbranched alkanes of at least 4 members (excludes halogenated alkanes) is 2. The van der Waals surface area contributed by atoms with Crippen molar-refractivity contribution in [3.63, 3.8) is 0 Å². The van der Waals surface area contributed by atoms with Crippen LogP contribution in [0.25, 0.3) is 0 Å². The second kappa shape index (κ2) is 10.0. The first-order valence-electron chi connectivity index (χ1n) is 6.81. The number of rotatable bonds is 10. The van der Waals surface area contributed by atoms with Gasteiger partial charge in [-0.2, -0.15) is 0 Å². The van der Waals surface area contributed by atoms with E-state index in [0.717, 1.165) is 25.7 Å². The molecular weight excluding hydrogens is 301 g/mol. The normalized spacial score (nSPS) is 12.3. The zero-order valence-corrected chi connectivity index (χ0v) is 12.9. The summed E-state index contributed by atoms with van der Waals surface area (Å²) >= 11 is 11.2. The number of aromatic nitrogens is 2. The Bertz CT molecular complexity index is 399. The van der Waals surface area contributed by atoms with Crippen molar-refractivity contribution >= 4 is 34.9 Å². The van der Waals surface area contributed by atoms with Crippen LogP contribution in [0.4, 0.5) is 5.82 Å². The van der Waals surface area contributed by atoms with Crippen molar-refractivity contribution in [3.05, 3.63) is 12.5 Å². The van der Waals surface area contributed by atoms with E-state index in [1.165, 1.54) is 17.1 Å². The molecule has 0 aliphatic carbocycles. The molecule has 0 aliphatic rings. The number of halogens is 2. The van der Waals surface area contributed by atoms with Gasteiger partial charge in [0.15, 0.2) is 0 Å². The molecule has 1 atom stereocenters. The van der Waals surface area contributed by atoms with Gasteiger partial charge in [-0.25, -0.2) is 4.98 Å². The Balaban J connectivity index is 2.46. The molecule has 0 aromatic carbocycles. The van der Waals surface area contributed by atoms with Gasteiger partial charge in [0.1, 0.15) is 18.4 Å². The number of anilines is 1. The average Bonchev–Trinajstić information content (AvgIpc) is 2.87. The molecule has 1 aromatic rings. The minimum absolute atomic E-state index is 0.0527. The highest BCUT2D eigenvalue weighted by molar-refractivity contribution is 6.18. The Morgan fingerprint density at radius 2 is 2.00 bits per heavy atom. The minimum Gasteiger partial charge on any atom is -0.374 e. The van der Waals surface area contributed by atoms with Crippen LogP contribution in [-0.4, -0.2) is 38.6 Å². The molecule has 1 heterocycles. The summed E-state index contributed by atoms with van der Waals surface area (Å²) in [7, 11) is 0. The van der Waals surface area contributed by atoms with Crippen LogP contribution in [0.2, 0.25) is 0 Å². The van der Waals surface area contributed by atoms with Crippen LogP contribution in [0.3, 0.4) is 0 Å². The van der Waals surface area contributed by atoms with E-state index in [9.17, 15) is 9.90 Å². The number of aliphatic hydroxyl groups excluding tert-OH is 1. The lowest BCUT2D eigenvalue weighted by Crippen LogP contribution is -2.22. The van der Waals surface area contributed by atoms with E-state index in [2.05, 4.69) is 10.3 Å². The first-order valence-corrected chi connectivity index (χ1v) is 7.88. The highest BCUT2D eigenvalue weighted by Gasteiger charge is 2.12. The Kier molecular flexibility index (Phi) is 8.65. The maximum Gasteiger partial charge on any atom is 0.233 e. The van der Waals surface area contributed by atoms with E-state index in [4.69, 9.17) is 23.2 Å². The third-order valence-electron chi connectivity index (χ3n) is 2.86. The van der Waals surface area contributed by atoms with E-state index < -0.39 is 6.23 Å². The fraction of sp³-hybridized carbons (Fsp3) is 0.692. The molecule has 0 fully saturated rings. The van der Waals surface area contributed by atoms with Gasteiger partial charge < -0.3 is 10.4 Å². The number of aliphatic hydroxyl groups is 1. The van der Waals surface area contributed by atoms with Crippen molar-refractivity contribution < 1.29 is 9.90 Å². The lowest BCUT2D eigenvalue weighted by atomic mass is 10.2. The molecule has 5 nitrogen and oxygen atoms in total. The fourth-order valence-electron chi connectivity index (χ4n) is 1.77. The van der Waals surface area contributed by atoms with Crippen LogP contribution in [0.15, 0.2) is 12.5 Å². The largest absolute Gasteiger partial charge is 0.374 e. The van der Waals surface area contributed by atoms with Gasteiger partial charge in [-0.15, -0.1) is 23.2 Å². The highest BCUT2D eigenvalue weighted by Crippen LogP contribution is 2.12. The van der Waals surface area contributed by atoms with Crippen molar-refractivity contribution in [2.75, 3.05) is 17.1 Å². The zero-order valence-electron chi connectivity index (χ0n) is 11.4. The standard InChI is InChI=1S/C13H21Cl2N3O2/c14-7-3-1-5-12(19)17-11-9-16-10-18(11)13(20)6-2-4-8-15/h9-10,12,17,19H,1-8H2. The van der Waals surface area contributed by atoms with E-state index >= 15 is 0 Å². The number of nitrogens with one attached hydrogen (secondary N) is 1. The molecule has 1 aromatic heterocycles. The molecule has 1 unspecified atom stereocenters. The molecule has 2 N–H and O–H groups in total. The second-order valence-electron chi connectivity index (χ2n) is 4.53. The molecule has 0 spiro atoms. The molecule has 1 rings (SSSR count). The molecule has 0 saturated carbocycles. The molecular formula is C13H21Cl2N3O2. The number of carbonyl (C=O) groups excluding carboxylic acids is 1. The summed E-state index contributed by atoms with van der Waals surface area (Å²) in [4.78, 5) is 15.9. The van der Waals surface area contributed by atoms with Crippen LogP contribution < -0.4 is 5.32 Å². The summed E-state index contributed by atoms with van der Waals surface area (Å²) in [6.07, 6.45) is 6.53. The highest BCUT2D eigenvalue weighted by atomic mass is 35.5. The van der Waals surface area contributed by atoms with Gasteiger partial charge in [0.2, 0.25) is 5.91 Å². The monoisotopic (exact) mass is 321 g/mol. The Hall–Kier alpha value is -0.780. The predicted molar refractivity (Wildman–Crippen MR) is 81.6 cm³/mol. The van der Waals surface area contributed by atoms with Crippen molar-refractivity contribution in [1.82, 2.24) is 9.55 Å². The quantitative estimate of drug-likeness (QED) is 0.395. The third kappa shape index (κ3) is 6.11. The number of alkyl halides is 2. The van der Waals surface area contributed by atoms with Gasteiger partial charge in [-0.05, 0) is 32.1 Å². The second-order valence-corrected chi connectivity index (χ2v) is 5.29. The fourth-order valence-corrected chi connectivity index (χ4v) is 2.14. The Morgan fingerprint density at radius 3 is 2.70 bits per heavy atom. The number of imidazole rings is 1. The average molecular weight is 322 g/mol. The number of carbonyl (C=O) groups is 1. The number of hydrogen-bond acceptors (Lipinski definition) is 4. The molecule has 20 heavy (non-hydrogen) atoms. The van der Waals surface area contributed by atoms with Gasteiger partial charge in [-0.1, -0.05) is 0 Å². The molecule has 0 saturated heterocycles. The summed E-state index contributed by atoms with van der Waals surface area (Å²) in [5.41, 5.74) is 0. The Labute approximate surface area is 129 Å². The summed E-state index contributed by atoms with van der Waals surface area (Å²) in [6, 6.07) is 0. The van der Waals surface area contributed by atoms with Gasteiger partial charge in [-0.3, -0.25) is 9.36 Å². The zero-order chi connectivity index (χ0) is 14.8. The van der Waals surface area contributed by atoms with Gasteiger partial charge in [0.05, 0.1) is 6.20 Å².